The summed E-state index contributed by atoms with van der Waals surface area (Å²) in [6, 6.07) is 3.94. The van der Waals surface area contributed by atoms with E-state index in [1.54, 1.807) is 0 Å². The molecular formula is C16H25N3O. The van der Waals surface area contributed by atoms with E-state index in [4.69, 9.17) is 0 Å². The minimum atomic E-state index is -0.0916. The molecule has 4 heteroatoms. The maximum absolute atomic E-state index is 12.5. The Labute approximate surface area is 121 Å². The monoisotopic (exact) mass is 275 g/mol. The average Bonchev–Trinajstić information content (AvgIpc) is 2.38. The molecule has 2 rings (SSSR count). The normalized spacial score (nSPS) is 20.6. The van der Waals surface area contributed by atoms with E-state index in [0.29, 0.717) is 12.5 Å². The van der Waals surface area contributed by atoms with Crippen molar-refractivity contribution in [2.75, 3.05) is 18.0 Å². The number of hydrogen-bond donors (Lipinski definition) is 1. The van der Waals surface area contributed by atoms with Crippen LogP contribution in [0.5, 0.6) is 0 Å². The topological polar surface area (TPSA) is 45.2 Å². The van der Waals surface area contributed by atoms with E-state index in [1.165, 1.54) is 0 Å². The van der Waals surface area contributed by atoms with Gasteiger partial charge in [0, 0.05) is 24.2 Å². The van der Waals surface area contributed by atoms with E-state index in [-0.39, 0.29) is 17.4 Å². The number of rotatable bonds is 2. The zero-order valence-corrected chi connectivity index (χ0v) is 13.1. The largest absolute Gasteiger partial charge is 0.308 e. The molecule has 1 saturated heterocycles. The fourth-order valence-corrected chi connectivity index (χ4v) is 2.46. The van der Waals surface area contributed by atoms with Gasteiger partial charge < -0.3 is 10.2 Å². The maximum atomic E-state index is 12.5. The second-order valence-electron chi connectivity index (χ2n) is 6.82. The number of nitrogens with one attached hydrogen (secondary N) is 1. The van der Waals surface area contributed by atoms with Crippen molar-refractivity contribution in [3.63, 3.8) is 0 Å². The molecule has 1 aliphatic heterocycles. The van der Waals surface area contributed by atoms with Crippen LogP contribution in [0, 0.1) is 5.92 Å². The molecule has 20 heavy (non-hydrogen) atoms. The summed E-state index contributed by atoms with van der Waals surface area (Å²) >= 11 is 0. The standard InChI is InChI=1S/C16H25N3O/c1-11(2)14-15(20)19(9-8-17-14)12-6-7-13(18-10-12)16(3,4)5/h6-7,10-11,14,17H,8-9H2,1-5H3/t14-/m0/s1. The minimum absolute atomic E-state index is 0.0342. The Morgan fingerprint density at radius 3 is 2.55 bits per heavy atom. The van der Waals surface area contributed by atoms with Gasteiger partial charge in [-0.1, -0.05) is 34.6 Å². The molecule has 0 radical (unpaired) electrons. The molecule has 1 aromatic heterocycles. The quantitative estimate of drug-likeness (QED) is 0.901. The third-order valence-electron chi connectivity index (χ3n) is 3.73. The van der Waals surface area contributed by atoms with Crippen molar-refractivity contribution in [2.45, 2.75) is 46.1 Å². The molecule has 4 nitrogen and oxygen atoms in total. The Hall–Kier alpha value is -1.42. The van der Waals surface area contributed by atoms with E-state index in [1.807, 2.05) is 23.2 Å². The van der Waals surface area contributed by atoms with Gasteiger partial charge in [0.05, 0.1) is 17.9 Å². The van der Waals surface area contributed by atoms with Gasteiger partial charge in [-0.3, -0.25) is 9.78 Å². The lowest BCUT2D eigenvalue weighted by atomic mass is 9.91. The lowest BCUT2D eigenvalue weighted by Crippen LogP contribution is -2.57. The van der Waals surface area contributed by atoms with Crippen LogP contribution in [0.1, 0.15) is 40.3 Å². The van der Waals surface area contributed by atoms with Gasteiger partial charge in [-0.25, -0.2) is 0 Å². The fourth-order valence-electron chi connectivity index (χ4n) is 2.46. The minimum Gasteiger partial charge on any atom is -0.308 e. The average molecular weight is 275 g/mol. The van der Waals surface area contributed by atoms with E-state index in [2.05, 4.69) is 44.9 Å². The van der Waals surface area contributed by atoms with Crippen molar-refractivity contribution in [2.24, 2.45) is 5.92 Å². The van der Waals surface area contributed by atoms with Crippen LogP contribution < -0.4 is 10.2 Å². The number of anilines is 1. The molecule has 0 aliphatic carbocycles. The molecule has 1 aromatic rings. The second kappa shape index (κ2) is 5.52. The third-order valence-corrected chi connectivity index (χ3v) is 3.73. The maximum Gasteiger partial charge on any atom is 0.244 e. The van der Waals surface area contributed by atoms with Gasteiger partial charge in [0.25, 0.3) is 0 Å². The molecule has 0 spiro atoms. The van der Waals surface area contributed by atoms with Crippen LogP contribution in [0.15, 0.2) is 18.3 Å². The van der Waals surface area contributed by atoms with Crippen LogP contribution >= 0.6 is 0 Å². The molecule has 1 fully saturated rings. The zero-order chi connectivity index (χ0) is 14.9. The van der Waals surface area contributed by atoms with Crippen LogP contribution in [-0.4, -0.2) is 30.0 Å². The summed E-state index contributed by atoms with van der Waals surface area (Å²) in [5.41, 5.74) is 1.98. The summed E-state index contributed by atoms with van der Waals surface area (Å²) in [7, 11) is 0. The predicted octanol–water partition coefficient (Wildman–Crippen LogP) is 2.34. The number of pyridine rings is 1. The zero-order valence-electron chi connectivity index (χ0n) is 13.1. The fraction of sp³-hybridized carbons (Fsp3) is 0.625. The van der Waals surface area contributed by atoms with Crippen LogP contribution in [0.3, 0.4) is 0 Å². The molecule has 0 aromatic carbocycles. The molecule has 2 heterocycles. The number of nitrogens with zero attached hydrogens (tertiary/aromatic N) is 2. The first kappa shape index (κ1) is 15.0. The summed E-state index contributed by atoms with van der Waals surface area (Å²) in [5, 5.41) is 3.29. The Balaban J connectivity index is 2.21. The number of hydrogen-bond acceptors (Lipinski definition) is 3. The molecule has 1 N–H and O–H groups in total. The molecule has 1 amide bonds. The van der Waals surface area contributed by atoms with Crippen LogP contribution in [0.25, 0.3) is 0 Å². The van der Waals surface area contributed by atoms with Gasteiger partial charge in [0.2, 0.25) is 5.91 Å². The number of aromatic nitrogens is 1. The Morgan fingerprint density at radius 2 is 2.05 bits per heavy atom. The Kier molecular flexibility index (Phi) is 4.14. The van der Waals surface area contributed by atoms with E-state index in [0.717, 1.165) is 17.9 Å². The number of amides is 1. The first-order valence-electron chi connectivity index (χ1n) is 7.32. The van der Waals surface area contributed by atoms with Crippen molar-refractivity contribution in [3.05, 3.63) is 24.0 Å². The summed E-state index contributed by atoms with van der Waals surface area (Å²) in [6.45, 7) is 12.1. The van der Waals surface area contributed by atoms with Crippen LogP contribution in [-0.2, 0) is 10.2 Å². The van der Waals surface area contributed by atoms with E-state index < -0.39 is 0 Å². The molecular weight excluding hydrogens is 250 g/mol. The molecule has 0 unspecified atom stereocenters. The lowest BCUT2D eigenvalue weighted by molar-refractivity contribution is -0.122. The van der Waals surface area contributed by atoms with Gasteiger partial charge >= 0.3 is 0 Å². The lowest BCUT2D eigenvalue weighted by Gasteiger charge is -2.35. The van der Waals surface area contributed by atoms with Crippen molar-refractivity contribution >= 4 is 11.6 Å². The Bertz CT molecular complexity index is 473. The van der Waals surface area contributed by atoms with Gasteiger partial charge in [0.1, 0.15) is 0 Å². The first-order valence-corrected chi connectivity index (χ1v) is 7.32. The van der Waals surface area contributed by atoms with Gasteiger partial charge in [0.15, 0.2) is 0 Å². The first-order chi connectivity index (χ1) is 9.30. The van der Waals surface area contributed by atoms with Crippen LogP contribution in [0.2, 0.25) is 0 Å². The molecule has 1 aliphatic rings. The summed E-state index contributed by atoms with van der Waals surface area (Å²) in [4.78, 5) is 18.8. The van der Waals surface area contributed by atoms with Gasteiger partial charge in [-0.2, -0.15) is 0 Å². The van der Waals surface area contributed by atoms with Gasteiger partial charge in [-0.15, -0.1) is 0 Å². The molecule has 0 saturated carbocycles. The van der Waals surface area contributed by atoms with Crippen molar-refractivity contribution in [3.8, 4) is 0 Å². The number of carbonyl (C=O) groups excluding carboxylic acids is 1. The second-order valence-corrected chi connectivity index (χ2v) is 6.82. The molecule has 110 valence electrons. The van der Waals surface area contributed by atoms with Crippen LogP contribution in [0.4, 0.5) is 5.69 Å². The molecule has 0 bridgehead atoms. The summed E-state index contributed by atoms with van der Waals surface area (Å²) in [6.07, 6.45) is 1.82. The molecule has 1 atom stereocenters. The van der Waals surface area contributed by atoms with E-state index >= 15 is 0 Å². The highest BCUT2D eigenvalue weighted by Gasteiger charge is 2.31. The highest BCUT2D eigenvalue weighted by Crippen LogP contribution is 2.24. The number of carbonyl (C=O) groups is 1. The van der Waals surface area contributed by atoms with Gasteiger partial charge in [-0.05, 0) is 18.1 Å². The van der Waals surface area contributed by atoms with Crippen molar-refractivity contribution < 1.29 is 4.79 Å². The Morgan fingerprint density at radius 1 is 1.35 bits per heavy atom. The smallest absolute Gasteiger partial charge is 0.244 e. The SMILES string of the molecule is CC(C)[C@@H]1NCCN(c2ccc(C(C)(C)C)nc2)C1=O. The third kappa shape index (κ3) is 3.01. The van der Waals surface area contributed by atoms with Crippen molar-refractivity contribution in [1.82, 2.24) is 10.3 Å². The highest BCUT2D eigenvalue weighted by molar-refractivity contribution is 5.98. The summed E-state index contributed by atoms with van der Waals surface area (Å²) in [5.74, 6) is 0.448. The highest BCUT2D eigenvalue weighted by atomic mass is 16.2. The predicted molar refractivity (Wildman–Crippen MR) is 81.9 cm³/mol. The number of piperazine rings is 1. The van der Waals surface area contributed by atoms with Crippen molar-refractivity contribution in [1.29, 1.82) is 0 Å². The summed E-state index contributed by atoms with van der Waals surface area (Å²) < 4.78 is 0. The van der Waals surface area contributed by atoms with E-state index in [9.17, 15) is 4.79 Å².